The standard InChI is InChI=1S/C16H20N2O3S2/c1-11(2)15(18-23(20,21)14-9-6-10-22-14)16(19)17-13-8-5-4-7-12(13)3/h4-11,15,18H,1-3H3,(H,17,19)/t15-/m0/s1. The minimum Gasteiger partial charge on any atom is -0.324 e. The molecular formula is C16H20N2O3S2. The molecule has 1 amide bonds. The van der Waals surface area contributed by atoms with Gasteiger partial charge in [0.15, 0.2) is 0 Å². The number of rotatable bonds is 6. The van der Waals surface area contributed by atoms with Crippen molar-refractivity contribution >= 4 is 33.0 Å². The second-order valence-corrected chi connectivity index (χ2v) is 8.47. The lowest BCUT2D eigenvalue weighted by atomic mass is 10.0. The van der Waals surface area contributed by atoms with Crippen LogP contribution in [0.3, 0.4) is 0 Å². The topological polar surface area (TPSA) is 75.3 Å². The van der Waals surface area contributed by atoms with Crippen LogP contribution in [0.4, 0.5) is 5.69 Å². The number of para-hydroxylation sites is 1. The minimum absolute atomic E-state index is 0.186. The second kappa shape index (κ2) is 7.25. The molecule has 1 heterocycles. The number of sulfonamides is 1. The van der Waals surface area contributed by atoms with Crippen molar-refractivity contribution in [3.05, 3.63) is 47.3 Å². The van der Waals surface area contributed by atoms with E-state index in [1.54, 1.807) is 31.4 Å². The molecule has 7 heteroatoms. The predicted molar refractivity (Wildman–Crippen MR) is 93.1 cm³/mol. The first kappa shape index (κ1) is 17.7. The van der Waals surface area contributed by atoms with Crippen molar-refractivity contribution in [2.24, 2.45) is 5.92 Å². The predicted octanol–water partition coefficient (Wildman–Crippen LogP) is 3.00. The van der Waals surface area contributed by atoms with Gasteiger partial charge in [0.25, 0.3) is 10.0 Å². The van der Waals surface area contributed by atoms with E-state index < -0.39 is 16.1 Å². The van der Waals surface area contributed by atoms with Crippen molar-refractivity contribution in [2.45, 2.75) is 31.0 Å². The minimum atomic E-state index is -3.70. The maximum atomic E-state index is 12.5. The number of nitrogens with one attached hydrogen (secondary N) is 2. The number of anilines is 1. The first-order chi connectivity index (χ1) is 10.8. The molecule has 124 valence electrons. The van der Waals surface area contributed by atoms with Gasteiger partial charge in [-0.2, -0.15) is 4.72 Å². The molecule has 0 spiro atoms. The van der Waals surface area contributed by atoms with Crippen LogP contribution in [0.15, 0.2) is 46.0 Å². The fourth-order valence-electron chi connectivity index (χ4n) is 2.06. The summed E-state index contributed by atoms with van der Waals surface area (Å²) in [4.78, 5) is 12.5. The van der Waals surface area contributed by atoms with Crippen LogP contribution in [0.1, 0.15) is 19.4 Å². The lowest BCUT2D eigenvalue weighted by molar-refractivity contribution is -0.118. The molecule has 0 radical (unpaired) electrons. The summed E-state index contributed by atoms with van der Waals surface area (Å²) >= 11 is 1.12. The molecule has 23 heavy (non-hydrogen) atoms. The zero-order valence-electron chi connectivity index (χ0n) is 13.2. The van der Waals surface area contributed by atoms with Crippen molar-refractivity contribution in [2.75, 3.05) is 5.32 Å². The average molecular weight is 352 g/mol. The van der Waals surface area contributed by atoms with Gasteiger partial charge in [0.2, 0.25) is 5.91 Å². The molecule has 0 aliphatic heterocycles. The Balaban J connectivity index is 2.19. The van der Waals surface area contributed by atoms with Crippen molar-refractivity contribution in [3.8, 4) is 0 Å². The highest BCUT2D eigenvalue weighted by Gasteiger charge is 2.29. The molecule has 0 bridgehead atoms. The van der Waals surface area contributed by atoms with E-state index in [0.29, 0.717) is 5.69 Å². The molecular weight excluding hydrogens is 332 g/mol. The van der Waals surface area contributed by atoms with Gasteiger partial charge in [-0.3, -0.25) is 4.79 Å². The van der Waals surface area contributed by atoms with Crippen LogP contribution >= 0.6 is 11.3 Å². The van der Waals surface area contributed by atoms with E-state index in [9.17, 15) is 13.2 Å². The van der Waals surface area contributed by atoms with Crippen LogP contribution in [0.2, 0.25) is 0 Å². The third kappa shape index (κ3) is 4.40. The number of hydrogen-bond acceptors (Lipinski definition) is 4. The Bertz CT molecular complexity index is 768. The molecule has 2 rings (SSSR count). The average Bonchev–Trinajstić information content (AvgIpc) is 3.02. The summed E-state index contributed by atoms with van der Waals surface area (Å²) < 4.78 is 27.4. The van der Waals surface area contributed by atoms with E-state index in [1.165, 1.54) is 6.07 Å². The zero-order valence-corrected chi connectivity index (χ0v) is 14.9. The maximum absolute atomic E-state index is 12.5. The summed E-state index contributed by atoms with van der Waals surface area (Å²) in [6, 6.07) is 9.71. The van der Waals surface area contributed by atoms with Gasteiger partial charge in [-0.1, -0.05) is 38.1 Å². The molecule has 0 saturated carbocycles. The fraction of sp³-hybridized carbons (Fsp3) is 0.312. The van der Waals surface area contributed by atoms with E-state index >= 15 is 0 Å². The monoisotopic (exact) mass is 352 g/mol. The number of carbonyl (C=O) groups is 1. The third-order valence-corrected chi connectivity index (χ3v) is 6.23. The van der Waals surface area contributed by atoms with Crippen LogP contribution in [0.5, 0.6) is 0 Å². The first-order valence-electron chi connectivity index (χ1n) is 7.23. The van der Waals surface area contributed by atoms with Gasteiger partial charge in [0.1, 0.15) is 10.3 Å². The number of hydrogen-bond donors (Lipinski definition) is 2. The number of benzene rings is 1. The molecule has 0 unspecified atom stereocenters. The summed E-state index contributed by atoms with van der Waals surface area (Å²) in [5.41, 5.74) is 1.60. The van der Waals surface area contributed by atoms with Crippen molar-refractivity contribution in [1.29, 1.82) is 0 Å². The molecule has 1 aromatic carbocycles. The molecule has 2 N–H and O–H groups in total. The zero-order chi connectivity index (χ0) is 17.0. The van der Waals surface area contributed by atoms with Crippen molar-refractivity contribution in [1.82, 2.24) is 4.72 Å². The summed E-state index contributed by atoms with van der Waals surface area (Å²) in [6.45, 7) is 5.49. The lowest BCUT2D eigenvalue weighted by Gasteiger charge is -2.21. The van der Waals surface area contributed by atoms with Crippen molar-refractivity contribution in [3.63, 3.8) is 0 Å². The maximum Gasteiger partial charge on any atom is 0.250 e. The van der Waals surface area contributed by atoms with Crippen LogP contribution in [-0.4, -0.2) is 20.4 Å². The van der Waals surface area contributed by atoms with Gasteiger partial charge in [0.05, 0.1) is 0 Å². The lowest BCUT2D eigenvalue weighted by Crippen LogP contribution is -2.46. The van der Waals surface area contributed by atoms with E-state index in [4.69, 9.17) is 0 Å². The number of carbonyl (C=O) groups excluding carboxylic acids is 1. The van der Waals surface area contributed by atoms with Gasteiger partial charge in [-0.25, -0.2) is 8.42 Å². The summed E-state index contributed by atoms with van der Waals surface area (Å²) in [6.07, 6.45) is 0. The van der Waals surface area contributed by atoms with Gasteiger partial charge in [-0.05, 0) is 35.9 Å². The smallest absolute Gasteiger partial charge is 0.250 e. The molecule has 0 aliphatic rings. The Labute approximate surface area is 140 Å². The Hall–Kier alpha value is -1.70. The largest absolute Gasteiger partial charge is 0.324 e. The second-order valence-electron chi connectivity index (χ2n) is 5.58. The molecule has 0 aliphatic carbocycles. The fourth-order valence-corrected chi connectivity index (χ4v) is 4.41. The van der Waals surface area contributed by atoms with E-state index in [-0.39, 0.29) is 16.0 Å². The third-order valence-electron chi connectivity index (χ3n) is 3.39. The van der Waals surface area contributed by atoms with Gasteiger partial charge >= 0.3 is 0 Å². The number of thiophene rings is 1. The number of amides is 1. The molecule has 5 nitrogen and oxygen atoms in total. The molecule has 0 fully saturated rings. The Kier molecular flexibility index (Phi) is 5.56. The molecule has 2 aromatic rings. The molecule has 1 atom stereocenters. The van der Waals surface area contributed by atoms with E-state index in [1.807, 2.05) is 25.1 Å². The molecule has 1 aromatic heterocycles. The first-order valence-corrected chi connectivity index (χ1v) is 9.60. The van der Waals surface area contributed by atoms with E-state index in [0.717, 1.165) is 16.9 Å². The highest BCUT2D eigenvalue weighted by Crippen LogP contribution is 2.19. The Morgan fingerprint density at radius 3 is 2.39 bits per heavy atom. The van der Waals surface area contributed by atoms with Crippen LogP contribution in [0.25, 0.3) is 0 Å². The van der Waals surface area contributed by atoms with Crippen LogP contribution in [0, 0.1) is 12.8 Å². The highest BCUT2D eigenvalue weighted by molar-refractivity contribution is 7.91. The van der Waals surface area contributed by atoms with Gasteiger partial charge in [0, 0.05) is 5.69 Å². The molecule has 0 saturated heterocycles. The van der Waals surface area contributed by atoms with Crippen LogP contribution < -0.4 is 10.0 Å². The van der Waals surface area contributed by atoms with Gasteiger partial charge < -0.3 is 5.32 Å². The number of aryl methyl sites for hydroxylation is 1. The normalized spacial score (nSPS) is 13.0. The summed E-state index contributed by atoms with van der Waals surface area (Å²) in [5, 5.41) is 4.48. The van der Waals surface area contributed by atoms with Crippen LogP contribution in [-0.2, 0) is 14.8 Å². The van der Waals surface area contributed by atoms with Gasteiger partial charge in [-0.15, -0.1) is 11.3 Å². The highest BCUT2D eigenvalue weighted by atomic mass is 32.2. The van der Waals surface area contributed by atoms with Crippen molar-refractivity contribution < 1.29 is 13.2 Å². The summed E-state index contributed by atoms with van der Waals surface area (Å²) in [5.74, 6) is -0.553. The van der Waals surface area contributed by atoms with E-state index in [2.05, 4.69) is 10.0 Å². The quantitative estimate of drug-likeness (QED) is 0.839. The summed E-state index contributed by atoms with van der Waals surface area (Å²) in [7, 11) is -3.70. The SMILES string of the molecule is Cc1ccccc1NC(=O)[C@@H](NS(=O)(=O)c1cccs1)C(C)C. The Morgan fingerprint density at radius 1 is 1.13 bits per heavy atom. The Morgan fingerprint density at radius 2 is 1.83 bits per heavy atom.